The fourth-order valence-corrected chi connectivity index (χ4v) is 4.29. The van der Waals surface area contributed by atoms with Crippen LogP contribution in [0.15, 0.2) is 18.2 Å². The highest BCUT2D eigenvalue weighted by atomic mass is 16.3. The summed E-state index contributed by atoms with van der Waals surface area (Å²) >= 11 is 0. The summed E-state index contributed by atoms with van der Waals surface area (Å²) in [6.45, 7) is 8.52. The Balaban J connectivity index is 1.49. The molecule has 138 valence electrons. The Bertz CT molecular complexity index is 567. The van der Waals surface area contributed by atoms with Gasteiger partial charge in [0.05, 0.1) is 6.10 Å². The number of aliphatic hydroxyl groups excluding tert-OH is 1. The predicted octanol–water partition coefficient (Wildman–Crippen LogP) is 3.06. The molecule has 2 heterocycles. The van der Waals surface area contributed by atoms with Crippen LogP contribution in [0.2, 0.25) is 0 Å². The smallest absolute Gasteiger partial charge is 0.225 e. The number of carbonyl (C=O) groups excluding carboxylic acids is 1. The highest BCUT2D eigenvalue weighted by Gasteiger charge is 2.29. The van der Waals surface area contributed by atoms with Crippen molar-refractivity contribution in [3.63, 3.8) is 0 Å². The minimum absolute atomic E-state index is 0.188. The quantitative estimate of drug-likeness (QED) is 0.913. The molecular formula is C21H32N2O2. The zero-order valence-electron chi connectivity index (χ0n) is 15.7. The molecule has 25 heavy (non-hydrogen) atoms. The number of piperidine rings is 2. The van der Waals surface area contributed by atoms with E-state index in [1.54, 1.807) is 0 Å². The molecule has 0 saturated carbocycles. The van der Waals surface area contributed by atoms with Gasteiger partial charge in [-0.3, -0.25) is 4.79 Å². The fourth-order valence-electron chi connectivity index (χ4n) is 4.29. The molecule has 0 radical (unpaired) electrons. The topological polar surface area (TPSA) is 43.8 Å². The molecule has 4 heteroatoms. The molecule has 0 aliphatic carbocycles. The van der Waals surface area contributed by atoms with E-state index in [1.807, 2.05) is 0 Å². The third-order valence-corrected chi connectivity index (χ3v) is 5.66. The summed E-state index contributed by atoms with van der Waals surface area (Å²) < 4.78 is 0. The molecule has 1 aromatic carbocycles. The number of rotatable bonds is 4. The van der Waals surface area contributed by atoms with Gasteiger partial charge in [-0.15, -0.1) is 0 Å². The second kappa shape index (κ2) is 8.33. The van der Waals surface area contributed by atoms with Crippen molar-refractivity contribution in [2.75, 3.05) is 32.7 Å². The summed E-state index contributed by atoms with van der Waals surface area (Å²) in [7, 11) is 0. The van der Waals surface area contributed by atoms with Crippen LogP contribution < -0.4 is 0 Å². The van der Waals surface area contributed by atoms with E-state index in [-0.39, 0.29) is 5.92 Å². The Hall–Kier alpha value is -1.39. The van der Waals surface area contributed by atoms with Crippen molar-refractivity contribution in [2.45, 2.75) is 52.1 Å². The summed E-state index contributed by atoms with van der Waals surface area (Å²) in [5.41, 5.74) is 3.39. The van der Waals surface area contributed by atoms with Gasteiger partial charge in [0.1, 0.15) is 0 Å². The second-order valence-corrected chi connectivity index (χ2v) is 7.90. The van der Waals surface area contributed by atoms with E-state index in [1.165, 1.54) is 17.5 Å². The Labute approximate surface area is 151 Å². The van der Waals surface area contributed by atoms with Crippen molar-refractivity contribution in [1.82, 2.24) is 9.80 Å². The maximum Gasteiger partial charge on any atom is 0.225 e. The van der Waals surface area contributed by atoms with Crippen LogP contribution in [0.5, 0.6) is 0 Å². The van der Waals surface area contributed by atoms with Gasteiger partial charge in [0.2, 0.25) is 5.91 Å². The van der Waals surface area contributed by atoms with Crippen LogP contribution in [0.1, 0.15) is 54.9 Å². The van der Waals surface area contributed by atoms with Crippen LogP contribution in [-0.4, -0.2) is 53.5 Å². The van der Waals surface area contributed by atoms with Crippen molar-refractivity contribution in [3.05, 3.63) is 34.9 Å². The average molecular weight is 344 g/mol. The van der Waals surface area contributed by atoms with Gasteiger partial charge in [0, 0.05) is 25.6 Å². The van der Waals surface area contributed by atoms with Crippen molar-refractivity contribution in [2.24, 2.45) is 5.92 Å². The predicted molar refractivity (Wildman–Crippen MR) is 100 cm³/mol. The molecule has 2 aliphatic rings. The third kappa shape index (κ3) is 4.83. The van der Waals surface area contributed by atoms with Gasteiger partial charge >= 0.3 is 0 Å². The lowest BCUT2D eigenvalue weighted by molar-refractivity contribution is -0.138. The van der Waals surface area contributed by atoms with Crippen LogP contribution in [0, 0.1) is 19.8 Å². The van der Waals surface area contributed by atoms with Crippen LogP contribution >= 0.6 is 0 Å². The minimum atomic E-state index is -0.451. The monoisotopic (exact) mass is 344 g/mol. The van der Waals surface area contributed by atoms with Crippen LogP contribution in [0.3, 0.4) is 0 Å². The van der Waals surface area contributed by atoms with Gasteiger partial charge in [-0.2, -0.15) is 0 Å². The van der Waals surface area contributed by atoms with E-state index in [2.05, 4.69) is 41.8 Å². The number of benzene rings is 1. The lowest BCUT2D eigenvalue weighted by Crippen LogP contribution is -2.45. The Morgan fingerprint density at radius 1 is 1.04 bits per heavy atom. The van der Waals surface area contributed by atoms with E-state index in [0.29, 0.717) is 12.5 Å². The van der Waals surface area contributed by atoms with Crippen molar-refractivity contribution in [1.29, 1.82) is 0 Å². The Morgan fingerprint density at radius 2 is 1.64 bits per heavy atom. The maximum absolute atomic E-state index is 12.6. The highest BCUT2D eigenvalue weighted by Crippen LogP contribution is 2.24. The van der Waals surface area contributed by atoms with E-state index in [9.17, 15) is 9.90 Å². The normalized spacial score (nSPS) is 21.3. The molecule has 1 aromatic rings. The largest absolute Gasteiger partial charge is 0.387 e. The van der Waals surface area contributed by atoms with Gasteiger partial charge in [-0.25, -0.2) is 0 Å². The van der Waals surface area contributed by atoms with E-state index >= 15 is 0 Å². The molecule has 2 saturated heterocycles. The standard InChI is InChI=1S/C21H32N2O2/c1-16-12-17(2)14-19(13-16)20(24)15-22-10-6-18(7-11-22)21(25)23-8-4-3-5-9-23/h12-14,18,20,24H,3-11,15H2,1-2H3. The Morgan fingerprint density at radius 3 is 2.24 bits per heavy atom. The number of amides is 1. The molecule has 2 aliphatic heterocycles. The third-order valence-electron chi connectivity index (χ3n) is 5.66. The summed E-state index contributed by atoms with van der Waals surface area (Å²) in [5, 5.41) is 10.6. The molecular weight excluding hydrogens is 312 g/mol. The Kier molecular flexibility index (Phi) is 6.13. The number of hydrogen-bond acceptors (Lipinski definition) is 3. The highest BCUT2D eigenvalue weighted by molar-refractivity contribution is 5.79. The molecule has 4 nitrogen and oxygen atoms in total. The summed E-state index contributed by atoms with van der Waals surface area (Å²) in [5.74, 6) is 0.557. The van der Waals surface area contributed by atoms with Crippen LogP contribution in [0.4, 0.5) is 0 Å². The first-order chi connectivity index (χ1) is 12.0. The van der Waals surface area contributed by atoms with E-state index in [0.717, 1.165) is 57.4 Å². The number of carbonyl (C=O) groups is 1. The molecule has 1 atom stereocenters. The molecule has 2 fully saturated rings. The van der Waals surface area contributed by atoms with Crippen molar-refractivity contribution in [3.8, 4) is 0 Å². The van der Waals surface area contributed by atoms with Gasteiger partial charge in [0.25, 0.3) is 0 Å². The summed E-state index contributed by atoms with van der Waals surface area (Å²) in [4.78, 5) is 17.0. The first-order valence-corrected chi connectivity index (χ1v) is 9.80. The molecule has 1 amide bonds. The first kappa shape index (κ1) is 18.4. The van der Waals surface area contributed by atoms with Gasteiger partial charge in [0.15, 0.2) is 0 Å². The lowest BCUT2D eigenvalue weighted by atomic mass is 9.93. The first-order valence-electron chi connectivity index (χ1n) is 9.80. The van der Waals surface area contributed by atoms with Gasteiger partial charge in [-0.05, 0) is 64.6 Å². The van der Waals surface area contributed by atoms with Gasteiger partial charge in [-0.1, -0.05) is 29.3 Å². The number of aliphatic hydroxyl groups is 1. The molecule has 0 aromatic heterocycles. The molecule has 0 spiro atoms. The minimum Gasteiger partial charge on any atom is -0.387 e. The second-order valence-electron chi connectivity index (χ2n) is 7.90. The number of hydrogen-bond donors (Lipinski definition) is 1. The van der Waals surface area contributed by atoms with Crippen LogP contribution in [0.25, 0.3) is 0 Å². The molecule has 1 N–H and O–H groups in total. The maximum atomic E-state index is 12.6. The van der Waals surface area contributed by atoms with E-state index in [4.69, 9.17) is 0 Å². The number of β-amino-alcohol motifs (C(OH)–C–C–N with tert-alkyl or cyclic N) is 1. The zero-order valence-corrected chi connectivity index (χ0v) is 15.7. The number of nitrogens with zero attached hydrogens (tertiary/aromatic N) is 2. The number of likely N-dealkylation sites (tertiary alicyclic amines) is 2. The lowest BCUT2D eigenvalue weighted by Gasteiger charge is -2.36. The number of aryl methyl sites for hydroxylation is 2. The van der Waals surface area contributed by atoms with E-state index < -0.39 is 6.10 Å². The summed E-state index contributed by atoms with van der Waals surface area (Å²) in [6, 6.07) is 6.28. The van der Waals surface area contributed by atoms with Gasteiger partial charge < -0.3 is 14.9 Å². The van der Waals surface area contributed by atoms with Crippen molar-refractivity contribution >= 4 is 5.91 Å². The average Bonchev–Trinajstić information content (AvgIpc) is 2.61. The summed E-state index contributed by atoms with van der Waals surface area (Å²) in [6.07, 6.45) is 4.98. The molecule has 0 bridgehead atoms. The molecule has 3 rings (SSSR count). The SMILES string of the molecule is Cc1cc(C)cc(C(O)CN2CCC(C(=O)N3CCCCC3)CC2)c1. The zero-order chi connectivity index (χ0) is 17.8. The van der Waals surface area contributed by atoms with Crippen LogP contribution in [-0.2, 0) is 4.79 Å². The van der Waals surface area contributed by atoms with Crippen molar-refractivity contribution < 1.29 is 9.90 Å². The molecule has 1 unspecified atom stereocenters. The fraction of sp³-hybridized carbons (Fsp3) is 0.667.